The van der Waals surface area contributed by atoms with E-state index in [1.54, 1.807) is 12.1 Å². The molecule has 0 bridgehead atoms. The molecule has 3 nitrogen and oxygen atoms in total. The fourth-order valence-corrected chi connectivity index (χ4v) is 3.05. The lowest BCUT2D eigenvalue weighted by atomic mass is 10.2. The van der Waals surface area contributed by atoms with Gasteiger partial charge in [-0.05, 0) is 40.2 Å². The Balaban J connectivity index is 2.29. The molecular weight excluding hydrogens is 331 g/mol. The molecule has 0 spiro atoms. The summed E-state index contributed by atoms with van der Waals surface area (Å²) in [5.74, 6) is -0.384. The van der Waals surface area contributed by atoms with Gasteiger partial charge in [-0.25, -0.2) is 4.39 Å². The average molecular weight is 341 g/mol. The molecule has 6 heteroatoms. The minimum atomic E-state index is -0.594. The van der Waals surface area contributed by atoms with E-state index in [9.17, 15) is 4.39 Å². The van der Waals surface area contributed by atoms with Crippen molar-refractivity contribution in [3.63, 3.8) is 0 Å². The zero-order valence-electron chi connectivity index (χ0n) is 9.77. The van der Waals surface area contributed by atoms with Crippen LogP contribution in [0.3, 0.4) is 0 Å². The van der Waals surface area contributed by atoms with Crippen LogP contribution < -0.4 is 10.5 Å². The first-order valence-electron chi connectivity index (χ1n) is 5.46. The number of rotatable bonds is 4. The SMILES string of the molecule is N#Cc1c(F)cccc1OC(CN)c1ccc(Br)s1. The Labute approximate surface area is 122 Å². The Hall–Kier alpha value is -1.42. The van der Waals surface area contributed by atoms with Crippen molar-refractivity contribution in [2.45, 2.75) is 6.10 Å². The summed E-state index contributed by atoms with van der Waals surface area (Å²) in [4.78, 5) is 0.919. The summed E-state index contributed by atoms with van der Waals surface area (Å²) < 4.78 is 20.1. The molecule has 1 atom stereocenters. The number of halogens is 2. The zero-order chi connectivity index (χ0) is 13.8. The van der Waals surface area contributed by atoms with Crippen molar-refractivity contribution in [2.75, 3.05) is 6.54 Å². The molecule has 1 aromatic carbocycles. The second kappa shape index (κ2) is 6.15. The van der Waals surface area contributed by atoms with E-state index in [2.05, 4.69) is 15.9 Å². The largest absolute Gasteiger partial charge is 0.482 e. The van der Waals surface area contributed by atoms with E-state index in [0.717, 1.165) is 8.66 Å². The summed E-state index contributed by atoms with van der Waals surface area (Å²) in [5, 5.41) is 8.95. The predicted octanol–water partition coefficient (Wildman–Crippen LogP) is 3.60. The van der Waals surface area contributed by atoms with Crippen molar-refractivity contribution in [1.29, 1.82) is 5.26 Å². The van der Waals surface area contributed by atoms with Gasteiger partial charge in [-0.3, -0.25) is 0 Å². The molecule has 98 valence electrons. The fraction of sp³-hybridized carbons (Fsp3) is 0.154. The number of hydrogen-bond acceptors (Lipinski definition) is 4. The standard InChI is InChI=1S/C13H10BrFN2OS/c14-13-5-4-12(19-13)11(7-17)18-10-3-1-2-9(15)8(10)6-16/h1-5,11H,7,17H2. The summed E-state index contributed by atoms with van der Waals surface area (Å²) in [6, 6.07) is 9.87. The highest BCUT2D eigenvalue weighted by Gasteiger charge is 2.17. The van der Waals surface area contributed by atoms with E-state index >= 15 is 0 Å². The molecule has 0 saturated heterocycles. The second-order valence-electron chi connectivity index (χ2n) is 3.71. The molecule has 0 saturated carbocycles. The first kappa shape index (κ1) is 14.0. The van der Waals surface area contributed by atoms with E-state index in [1.807, 2.05) is 12.1 Å². The maximum absolute atomic E-state index is 13.5. The summed E-state index contributed by atoms with van der Waals surface area (Å²) >= 11 is 4.86. The van der Waals surface area contributed by atoms with Crippen LogP contribution in [0.5, 0.6) is 5.75 Å². The second-order valence-corrected chi connectivity index (χ2v) is 6.20. The van der Waals surface area contributed by atoms with E-state index in [1.165, 1.54) is 23.5 Å². The topological polar surface area (TPSA) is 59.0 Å². The van der Waals surface area contributed by atoms with Crippen LogP contribution in [-0.4, -0.2) is 6.54 Å². The first-order valence-corrected chi connectivity index (χ1v) is 7.07. The number of hydrogen-bond donors (Lipinski definition) is 1. The number of thiophene rings is 1. The number of ether oxygens (including phenoxy) is 1. The molecule has 0 radical (unpaired) electrons. The Morgan fingerprint density at radius 1 is 1.42 bits per heavy atom. The van der Waals surface area contributed by atoms with Crippen molar-refractivity contribution in [1.82, 2.24) is 0 Å². The van der Waals surface area contributed by atoms with Crippen LogP contribution in [0, 0.1) is 17.1 Å². The lowest BCUT2D eigenvalue weighted by Gasteiger charge is -2.17. The van der Waals surface area contributed by atoms with E-state index in [0.29, 0.717) is 0 Å². The summed E-state index contributed by atoms with van der Waals surface area (Å²) in [5.41, 5.74) is 5.58. The van der Waals surface area contributed by atoms with Crippen LogP contribution in [0.4, 0.5) is 4.39 Å². The molecule has 0 aliphatic rings. The molecule has 0 aliphatic carbocycles. The van der Waals surface area contributed by atoms with Crippen LogP contribution in [0.15, 0.2) is 34.1 Å². The Bertz CT molecular complexity index is 623. The highest BCUT2D eigenvalue weighted by molar-refractivity contribution is 9.11. The third-order valence-electron chi connectivity index (χ3n) is 2.48. The molecule has 1 aromatic heterocycles. The normalized spacial score (nSPS) is 11.9. The van der Waals surface area contributed by atoms with Gasteiger partial charge in [0.15, 0.2) is 0 Å². The van der Waals surface area contributed by atoms with Gasteiger partial charge in [-0.1, -0.05) is 6.07 Å². The van der Waals surface area contributed by atoms with Crippen molar-refractivity contribution in [3.05, 3.63) is 50.4 Å². The number of benzene rings is 1. The molecule has 19 heavy (non-hydrogen) atoms. The van der Waals surface area contributed by atoms with Crippen molar-refractivity contribution in [3.8, 4) is 11.8 Å². The molecule has 2 aromatic rings. The molecule has 2 N–H and O–H groups in total. The lowest BCUT2D eigenvalue weighted by molar-refractivity contribution is 0.216. The van der Waals surface area contributed by atoms with Gasteiger partial charge in [-0.15, -0.1) is 11.3 Å². The number of nitrogens with two attached hydrogens (primary N) is 1. The average Bonchev–Trinajstić information content (AvgIpc) is 2.82. The Morgan fingerprint density at radius 3 is 2.79 bits per heavy atom. The van der Waals surface area contributed by atoms with E-state index in [4.69, 9.17) is 15.7 Å². The van der Waals surface area contributed by atoms with Gasteiger partial charge in [0.25, 0.3) is 0 Å². The summed E-state index contributed by atoms with van der Waals surface area (Å²) in [7, 11) is 0. The van der Waals surface area contributed by atoms with Crippen LogP contribution >= 0.6 is 27.3 Å². The smallest absolute Gasteiger partial charge is 0.145 e. The van der Waals surface area contributed by atoms with Crippen LogP contribution in [0.25, 0.3) is 0 Å². The van der Waals surface area contributed by atoms with Crippen molar-refractivity contribution in [2.24, 2.45) is 5.73 Å². The maximum Gasteiger partial charge on any atom is 0.145 e. The van der Waals surface area contributed by atoms with Gasteiger partial charge in [0.1, 0.15) is 29.3 Å². The van der Waals surface area contributed by atoms with Gasteiger partial charge in [0.05, 0.1) is 3.79 Å². The van der Waals surface area contributed by atoms with Gasteiger partial charge < -0.3 is 10.5 Å². The predicted molar refractivity (Wildman–Crippen MR) is 75.6 cm³/mol. The lowest BCUT2D eigenvalue weighted by Crippen LogP contribution is -2.18. The third kappa shape index (κ3) is 3.13. The Morgan fingerprint density at radius 2 is 2.21 bits per heavy atom. The van der Waals surface area contributed by atoms with E-state index < -0.39 is 11.9 Å². The minimum Gasteiger partial charge on any atom is -0.482 e. The summed E-state index contributed by atoms with van der Waals surface area (Å²) in [6.07, 6.45) is -0.398. The van der Waals surface area contributed by atoms with Crippen LogP contribution in [0.2, 0.25) is 0 Å². The van der Waals surface area contributed by atoms with Crippen molar-refractivity contribution < 1.29 is 9.13 Å². The molecule has 1 unspecified atom stereocenters. The molecule has 0 amide bonds. The first-order chi connectivity index (χ1) is 9.15. The zero-order valence-corrected chi connectivity index (χ0v) is 12.2. The molecule has 1 heterocycles. The van der Waals surface area contributed by atoms with Crippen LogP contribution in [0.1, 0.15) is 16.5 Å². The van der Waals surface area contributed by atoms with Gasteiger partial charge in [0, 0.05) is 11.4 Å². The number of nitriles is 1. The Kier molecular flexibility index (Phi) is 4.53. The van der Waals surface area contributed by atoms with E-state index in [-0.39, 0.29) is 17.9 Å². The molecule has 0 fully saturated rings. The third-order valence-corrected chi connectivity index (χ3v) is 4.20. The molecule has 0 aliphatic heterocycles. The highest BCUT2D eigenvalue weighted by atomic mass is 79.9. The maximum atomic E-state index is 13.5. The molecular formula is C13H10BrFN2OS. The van der Waals surface area contributed by atoms with Gasteiger partial charge >= 0.3 is 0 Å². The monoisotopic (exact) mass is 340 g/mol. The van der Waals surface area contributed by atoms with Crippen molar-refractivity contribution >= 4 is 27.3 Å². The van der Waals surface area contributed by atoms with Crippen LogP contribution in [-0.2, 0) is 0 Å². The fourth-order valence-electron chi connectivity index (χ4n) is 1.59. The van der Waals surface area contributed by atoms with Gasteiger partial charge in [-0.2, -0.15) is 5.26 Å². The minimum absolute atomic E-state index is 0.100. The number of nitrogens with zero attached hydrogens (tertiary/aromatic N) is 1. The molecule has 2 rings (SSSR count). The van der Waals surface area contributed by atoms with Gasteiger partial charge in [0.2, 0.25) is 0 Å². The highest BCUT2D eigenvalue weighted by Crippen LogP contribution is 2.31. The summed E-state index contributed by atoms with van der Waals surface area (Å²) in [6.45, 7) is 0.244. The quantitative estimate of drug-likeness (QED) is 0.924.